The summed E-state index contributed by atoms with van der Waals surface area (Å²) in [6.07, 6.45) is 1.49. The summed E-state index contributed by atoms with van der Waals surface area (Å²) in [6.45, 7) is 4.52. The van der Waals surface area contributed by atoms with Crippen molar-refractivity contribution in [2.24, 2.45) is 5.92 Å². The number of fused-ring (bicyclic) bond motifs is 1. The van der Waals surface area contributed by atoms with Crippen LogP contribution in [0.15, 0.2) is 18.2 Å². The molecule has 2 aliphatic rings. The molecule has 0 spiro atoms. The highest BCUT2D eigenvalue weighted by Crippen LogP contribution is 2.37. The van der Waals surface area contributed by atoms with Crippen molar-refractivity contribution in [1.29, 1.82) is 0 Å². The van der Waals surface area contributed by atoms with Crippen LogP contribution in [-0.4, -0.2) is 46.3 Å². The molecule has 3 heterocycles. The van der Waals surface area contributed by atoms with Crippen LogP contribution in [0, 0.1) is 5.92 Å². The van der Waals surface area contributed by atoms with Crippen LogP contribution in [0.5, 0.6) is 11.5 Å². The molecule has 2 amide bonds. The van der Waals surface area contributed by atoms with Gasteiger partial charge < -0.3 is 14.4 Å². The summed E-state index contributed by atoms with van der Waals surface area (Å²) in [5.41, 5.74) is 0.842. The van der Waals surface area contributed by atoms with Crippen molar-refractivity contribution in [3.63, 3.8) is 0 Å². The minimum Gasteiger partial charge on any atom is -0.454 e. The standard InChI is InChI=1S/C18H20N4O4S/c1-10(2)17(24)22-7-3-4-12(22)15(23)19-18-21-20-16(27-18)11-5-6-13-14(8-11)26-9-25-13/h5-6,8,10,12H,3-4,7,9H2,1-2H3,(H,19,21,23)/t12-/m1/s1. The number of likely N-dealkylation sites (tertiary alicyclic amines) is 1. The Balaban J connectivity index is 1.46. The Morgan fingerprint density at radius 3 is 2.89 bits per heavy atom. The Morgan fingerprint density at radius 2 is 2.07 bits per heavy atom. The Morgan fingerprint density at radius 1 is 1.26 bits per heavy atom. The van der Waals surface area contributed by atoms with E-state index < -0.39 is 6.04 Å². The van der Waals surface area contributed by atoms with Crippen molar-refractivity contribution < 1.29 is 19.1 Å². The van der Waals surface area contributed by atoms with E-state index in [-0.39, 0.29) is 24.5 Å². The predicted molar refractivity (Wildman–Crippen MR) is 99.7 cm³/mol. The lowest BCUT2D eigenvalue weighted by Gasteiger charge is -2.25. The second-order valence-electron chi connectivity index (χ2n) is 6.81. The lowest BCUT2D eigenvalue weighted by atomic mass is 10.1. The largest absolute Gasteiger partial charge is 0.454 e. The number of benzene rings is 1. The first kappa shape index (κ1) is 17.7. The molecule has 0 radical (unpaired) electrons. The van der Waals surface area contributed by atoms with Crippen LogP contribution in [0.25, 0.3) is 10.6 Å². The van der Waals surface area contributed by atoms with Gasteiger partial charge in [0.05, 0.1) is 0 Å². The van der Waals surface area contributed by atoms with E-state index in [4.69, 9.17) is 9.47 Å². The molecule has 0 saturated carbocycles. The first-order valence-electron chi connectivity index (χ1n) is 8.88. The van der Waals surface area contributed by atoms with Crippen molar-refractivity contribution >= 4 is 28.3 Å². The molecule has 0 bridgehead atoms. The molecule has 1 fully saturated rings. The van der Waals surface area contributed by atoms with Gasteiger partial charge in [0.1, 0.15) is 11.0 Å². The van der Waals surface area contributed by atoms with Crippen LogP contribution in [0.4, 0.5) is 5.13 Å². The second-order valence-corrected chi connectivity index (χ2v) is 7.79. The summed E-state index contributed by atoms with van der Waals surface area (Å²) < 4.78 is 10.7. The van der Waals surface area contributed by atoms with Crippen molar-refractivity contribution in [2.45, 2.75) is 32.7 Å². The number of carbonyl (C=O) groups excluding carboxylic acids is 2. The SMILES string of the molecule is CC(C)C(=O)N1CCC[C@@H]1C(=O)Nc1nnc(-c2ccc3c(c2)OCO3)s1. The third-order valence-electron chi connectivity index (χ3n) is 4.61. The van der Waals surface area contributed by atoms with Crippen LogP contribution in [0.2, 0.25) is 0 Å². The van der Waals surface area contributed by atoms with Crippen LogP contribution < -0.4 is 14.8 Å². The zero-order chi connectivity index (χ0) is 19.0. The maximum atomic E-state index is 12.6. The molecule has 2 aromatic rings. The van der Waals surface area contributed by atoms with Crippen molar-refractivity contribution in [2.75, 3.05) is 18.7 Å². The summed E-state index contributed by atoms with van der Waals surface area (Å²) in [7, 11) is 0. The van der Waals surface area contributed by atoms with Gasteiger partial charge in [0, 0.05) is 18.0 Å². The molecule has 2 aliphatic heterocycles. The quantitative estimate of drug-likeness (QED) is 0.865. The third-order valence-corrected chi connectivity index (χ3v) is 5.49. The first-order valence-corrected chi connectivity index (χ1v) is 9.69. The number of hydrogen-bond acceptors (Lipinski definition) is 7. The zero-order valence-electron chi connectivity index (χ0n) is 15.1. The van der Waals surface area contributed by atoms with Crippen LogP contribution >= 0.6 is 11.3 Å². The normalized spacial score (nSPS) is 18.2. The molecular weight excluding hydrogens is 368 g/mol. The molecule has 0 unspecified atom stereocenters. The predicted octanol–water partition coefficient (Wildman–Crippen LogP) is 2.52. The van der Waals surface area contributed by atoms with Crippen LogP contribution in [0.3, 0.4) is 0 Å². The minimum atomic E-state index is -0.446. The van der Waals surface area contributed by atoms with Crippen molar-refractivity contribution in [1.82, 2.24) is 15.1 Å². The molecule has 8 nitrogen and oxygen atoms in total. The fraction of sp³-hybridized carbons (Fsp3) is 0.444. The Bertz CT molecular complexity index is 882. The summed E-state index contributed by atoms with van der Waals surface area (Å²) in [4.78, 5) is 26.6. The first-order chi connectivity index (χ1) is 13.0. The number of amides is 2. The molecule has 9 heteroatoms. The van der Waals surface area contributed by atoms with Crippen LogP contribution in [-0.2, 0) is 9.59 Å². The van der Waals surface area contributed by atoms with E-state index >= 15 is 0 Å². The molecule has 1 atom stereocenters. The maximum Gasteiger partial charge on any atom is 0.249 e. The Labute approximate surface area is 160 Å². The Kier molecular flexibility index (Phi) is 4.69. The van der Waals surface area contributed by atoms with Gasteiger partial charge in [-0.05, 0) is 31.0 Å². The van der Waals surface area contributed by atoms with Gasteiger partial charge in [-0.15, -0.1) is 10.2 Å². The van der Waals surface area contributed by atoms with E-state index in [2.05, 4.69) is 15.5 Å². The number of carbonyl (C=O) groups is 2. The lowest BCUT2D eigenvalue weighted by Crippen LogP contribution is -2.44. The van der Waals surface area contributed by atoms with Gasteiger partial charge in [0.15, 0.2) is 11.5 Å². The minimum absolute atomic E-state index is 0.00552. The van der Waals surface area contributed by atoms with Gasteiger partial charge in [-0.2, -0.15) is 0 Å². The number of anilines is 1. The third kappa shape index (κ3) is 3.46. The van der Waals surface area contributed by atoms with Gasteiger partial charge in [-0.25, -0.2) is 0 Å². The van der Waals surface area contributed by atoms with E-state index in [0.29, 0.717) is 34.6 Å². The molecular formula is C18H20N4O4S. The fourth-order valence-electron chi connectivity index (χ4n) is 3.24. The highest BCUT2D eigenvalue weighted by molar-refractivity contribution is 7.18. The topological polar surface area (TPSA) is 93.7 Å². The van der Waals surface area contributed by atoms with E-state index in [1.807, 2.05) is 32.0 Å². The lowest BCUT2D eigenvalue weighted by molar-refractivity contribution is -0.139. The van der Waals surface area contributed by atoms with Gasteiger partial charge in [-0.3, -0.25) is 14.9 Å². The maximum absolute atomic E-state index is 12.6. The van der Waals surface area contributed by atoms with E-state index in [0.717, 1.165) is 12.0 Å². The van der Waals surface area contributed by atoms with Gasteiger partial charge in [-0.1, -0.05) is 25.2 Å². The molecule has 142 valence electrons. The van der Waals surface area contributed by atoms with Crippen molar-refractivity contribution in [3.05, 3.63) is 18.2 Å². The smallest absolute Gasteiger partial charge is 0.249 e. The van der Waals surface area contributed by atoms with E-state index in [1.165, 1.54) is 11.3 Å². The number of rotatable bonds is 4. The number of hydrogen-bond donors (Lipinski definition) is 1. The number of nitrogens with zero attached hydrogens (tertiary/aromatic N) is 3. The average Bonchev–Trinajstić information content (AvgIpc) is 3.39. The van der Waals surface area contributed by atoms with Crippen molar-refractivity contribution in [3.8, 4) is 22.1 Å². The molecule has 1 aromatic heterocycles. The molecule has 1 aromatic carbocycles. The molecule has 27 heavy (non-hydrogen) atoms. The molecule has 4 rings (SSSR count). The number of aromatic nitrogens is 2. The van der Waals surface area contributed by atoms with Gasteiger partial charge >= 0.3 is 0 Å². The zero-order valence-corrected chi connectivity index (χ0v) is 15.9. The Hall–Kier alpha value is -2.68. The molecule has 0 aliphatic carbocycles. The average molecular weight is 388 g/mol. The number of nitrogens with one attached hydrogen (secondary N) is 1. The summed E-state index contributed by atoms with van der Waals surface area (Å²) >= 11 is 1.28. The second kappa shape index (κ2) is 7.15. The highest BCUT2D eigenvalue weighted by Gasteiger charge is 2.35. The molecule has 1 saturated heterocycles. The van der Waals surface area contributed by atoms with Gasteiger partial charge in [0.2, 0.25) is 23.7 Å². The monoisotopic (exact) mass is 388 g/mol. The summed E-state index contributed by atoms with van der Waals surface area (Å²) in [6, 6.07) is 5.09. The van der Waals surface area contributed by atoms with E-state index in [9.17, 15) is 9.59 Å². The fourth-order valence-corrected chi connectivity index (χ4v) is 3.99. The van der Waals surface area contributed by atoms with E-state index in [1.54, 1.807) is 4.90 Å². The van der Waals surface area contributed by atoms with Crippen LogP contribution in [0.1, 0.15) is 26.7 Å². The number of ether oxygens (including phenoxy) is 2. The molecule has 1 N–H and O–H groups in total. The highest BCUT2D eigenvalue weighted by atomic mass is 32.1. The van der Waals surface area contributed by atoms with Gasteiger partial charge in [0.25, 0.3) is 0 Å². The summed E-state index contributed by atoms with van der Waals surface area (Å²) in [5, 5.41) is 12.1. The summed E-state index contributed by atoms with van der Waals surface area (Å²) in [5.74, 6) is 1.04.